The second kappa shape index (κ2) is 5.58. The van der Waals surface area contributed by atoms with Gasteiger partial charge in [0.15, 0.2) is 0 Å². The fourth-order valence-electron chi connectivity index (χ4n) is 0.713. The van der Waals surface area contributed by atoms with Crippen LogP contribution in [0.5, 0.6) is 0 Å². The van der Waals surface area contributed by atoms with Crippen LogP contribution in [0.2, 0.25) is 0 Å². The van der Waals surface area contributed by atoms with Crippen LogP contribution in [0.3, 0.4) is 0 Å². The number of aliphatic hydroxyl groups is 1. The summed E-state index contributed by atoms with van der Waals surface area (Å²) in [6.45, 7) is 10.4. The van der Waals surface area contributed by atoms with Crippen LogP contribution in [0.4, 0.5) is 0 Å². The van der Waals surface area contributed by atoms with Crippen molar-refractivity contribution in [2.24, 2.45) is 0 Å². The van der Waals surface area contributed by atoms with Crippen LogP contribution in [0.1, 0.15) is 34.6 Å². The number of hydrogen-bond acceptors (Lipinski definition) is 3. The van der Waals surface area contributed by atoms with Crippen LogP contribution >= 0.6 is 0 Å². The molecule has 3 heteroatoms. The van der Waals surface area contributed by atoms with E-state index < -0.39 is 5.60 Å². The van der Waals surface area contributed by atoms with Crippen molar-refractivity contribution < 1.29 is 14.6 Å². The quantitative estimate of drug-likeness (QED) is 0.646. The van der Waals surface area contributed by atoms with Gasteiger partial charge in [0.2, 0.25) is 0 Å². The zero-order valence-electron chi connectivity index (χ0n) is 9.33. The van der Waals surface area contributed by atoms with E-state index in [1.165, 1.54) is 0 Å². The highest BCUT2D eigenvalue weighted by Gasteiger charge is 2.22. The zero-order valence-corrected chi connectivity index (χ0v) is 9.33. The molecular formula is C10H22O3. The van der Waals surface area contributed by atoms with Crippen molar-refractivity contribution in [2.45, 2.75) is 52.4 Å². The zero-order chi connectivity index (χ0) is 10.5. The minimum absolute atomic E-state index is 0.164. The molecule has 0 bridgehead atoms. The summed E-state index contributed by atoms with van der Waals surface area (Å²) in [5.41, 5.74) is -0.780. The summed E-state index contributed by atoms with van der Waals surface area (Å²) >= 11 is 0. The Morgan fingerprint density at radius 2 is 1.54 bits per heavy atom. The van der Waals surface area contributed by atoms with E-state index in [-0.39, 0.29) is 12.2 Å². The lowest BCUT2D eigenvalue weighted by Crippen LogP contribution is -2.36. The van der Waals surface area contributed by atoms with Gasteiger partial charge in [-0.25, -0.2) is 0 Å². The third-order valence-electron chi connectivity index (χ3n) is 1.90. The van der Waals surface area contributed by atoms with Crippen LogP contribution in [-0.2, 0) is 9.47 Å². The molecule has 0 aliphatic carbocycles. The standard InChI is InChI=1S/C10H22O3/c1-8(2)12-6-7-13-9(3)10(4,5)11/h8-9,11H,6-7H2,1-5H3. The molecule has 0 fully saturated rings. The van der Waals surface area contributed by atoms with Crippen LogP contribution in [0.15, 0.2) is 0 Å². The van der Waals surface area contributed by atoms with Gasteiger partial charge < -0.3 is 14.6 Å². The van der Waals surface area contributed by atoms with E-state index >= 15 is 0 Å². The van der Waals surface area contributed by atoms with Gasteiger partial charge in [0.25, 0.3) is 0 Å². The molecule has 80 valence electrons. The van der Waals surface area contributed by atoms with E-state index in [0.717, 1.165) is 0 Å². The molecule has 0 spiro atoms. The lowest BCUT2D eigenvalue weighted by molar-refractivity contribution is -0.0935. The molecule has 0 heterocycles. The van der Waals surface area contributed by atoms with Gasteiger partial charge in [0.1, 0.15) is 0 Å². The minimum atomic E-state index is -0.780. The van der Waals surface area contributed by atoms with Gasteiger partial charge >= 0.3 is 0 Å². The second-order valence-corrected chi connectivity index (χ2v) is 4.09. The maximum atomic E-state index is 9.53. The maximum Gasteiger partial charge on any atom is 0.0849 e. The molecule has 1 N–H and O–H groups in total. The molecule has 0 aliphatic rings. The van der Waals surface area contributed by atoms with E-state index in [4.69, 9.17) is 9.47 Å². The van der Waals surface area contributed by atoms with Gasteiger partial charge in [-0.15, -0.1) is 0 Å². The Balaban J connectivity index is 3.43. The van der Waals surface area contributed by atoms with Gasteiger partial charge in [-0.05, 0) is 34.6 Å². The maximum absolute atomic E-state index is 9.53. The summed E-state index contributed by atoms with van der Waals surface area (Å²) in [5, 5.41) is 9.53. The monoisotopic (exact) mass is 190 g/mol. The van der Waals surface area contributed by atoms with Crippen LogP contribution in [0, 0.1) is 0 Å². The van der Waals surface area contributed by atoms with Crippen molar-refractivity contribution in [3.05, 3.63) is 0 Å². The molecule has 3 nitrogen and oxygen atoms in total. The highest BCUT2D eigenvalue weighted by molar-refractivity contribution is 4.73. The highest BCUT2D eigenvalue weighted by atomic mass is 16.5. The summed E-state index contributed by atoms with van der Waals surface area (Å²) in [6.07, 6.45) is 0.0734. The van der Waals surface area contributed by atoms with Crippen molar-refractivity contribution in [3.63, 3.8) is 0 Å². The third kappa shape index (κ3) is 6.99. The Morgan fingerprint density at radius 1 is 1.08 bits per heavy atom. The summed E-state index contributed by atoms with van der Waals surface area (Å²) < 4.78 is 10.7. The molecule has 0 amide bonds. The first kappa shape index (κ1) is 12.9. The molecule has 0 saturated heterocycles. The SMILES string of the molecule is CC(C)OCCOC(C)C(C)(C)O. The fourth-order valence-corrected chi connectivity index (χ4v) is 0.713. The highest BCUT2D eigenvalue weighted by Crippen LogP contribution is 2.11. The Morgan fingerprint density at radius 3 is 1.92 bits per heavy atom. The molecular weight excluding hydrogens is 168 g/mol. The third-order valence-corrected chi connectivity index (χ3v) is 1.90. The van der Waals surface area contributed by atoms with Crippen molar-refractivity contribution in [1.29, 1.82) is 0 Å². The molecule has 1 unspecified atom stereocenters. The molecule has 0 aromatic rings. The average molecular weight is 190 g/mol. The van der Waals surface area contributed by atoms with Crippen LogP contribution in [-0.4, -0.2) is 36.1 Å². The molecule has 1 atom stereocenters. The van der Waals surface area contributed by atoms with E-state index in [9.17, 15) is 5.11 Å². The number of ether oxygens (including phenoxy) is 2. The van der Waals surface area contributed by atoms with E-state index in [1.807, 2.05) is 20.8 Å². The van der Waals surface area contributed by atoms with Crippen molar-refractivity contribution >= 4 is 0 Å². The Hall–Kier alpha value is -0.120. The molecule has 0 aromatic carbocycles. The van der Waals surface area contributed by atoms with E-state index in [1.54, 1.807) is 13.8 Å². The fraction of sp³-hybridized carbons (Fsp3) is 1.00. The Kier molecular flexibility index (Phi) is 5.53. The first-order valence-electron chi connectivity index (χ1n) is 4.79. The van der Waals surface area contributed by atoms with E-state index in [0.29, 0.717) is 13.2 Å². The lowest BCUT2D eigenvalue weighted by Gasteiger charge is -2.25. The second-order valence-electron chi connectivity index (χ2n) is 4.09. The van der Waals surface area contributed by atoms with Gasteiger partial charge in [0, 0.05) is 0 Å². The largest absolute Gasteiger partial charge is 0.388 e. The predicted molar refractivity (Wildman–Crippen MR) is 52.8 cm³/mol. The molecule has 0 rings (SSSR count). The molecule has 0 aromatic heterocycles. The normalized spacial score (nSPS) is 15.0. The van der Waals surface area contributed by atoms with Crippen molar-refractivity contribution in [1.82, 2.24) is 0 Å². The summed E-state index contributed by atoms with van der Waals surface area (Å²) in [6, 6.07) is 0. The molecule has 0 saturated carbocycles. The summed E-state index contributed by atoms with van der Waals surface area (Å²) in [4.78, 5) is 0. The van der Waals surface area contributed by atoms with Gasteiger partial charge in [0.05, 0.1) is 31.0 Å². The van der Waals surface area contributed by atoms with Gasteiger partial charge in [-0.2, -0.15) is 0 Å². The molecule has 0 aliphatic heterocycles. The van der Waals surface area contributed by atoms with Crippen molar-refractivity contribution in [2.75, 3.05) is 13.2 Å². The predicted octanol–water partition coefficient (Wildman–Crippen LogP) is 1.59. The number of rotatable bonds is 6. The Bertz CT molecular complexity index is 127. The van der Waals surface area contributed by atoms with Gasteiger partial charge in [-0.3, -0.25) is 0 Å². The van der Waals surface area contributed by atoms with Crippen LogP contribution < -0.4 is 0 Å². The van der Waals surface area contributed by atoms with Crippen LogP contribution in [0.25, 0.3) is 0 Å². The van der Waals surface area contributed by atoms with Gasteiger partial charge in [-0.1, -0.05) is 0 Å². The topological polar surface area (TPSA) is 38.7 Å². The number of hydrogen-bond donors (Lipinski definition) is 1. The molecule has 13 heavy (non-hydrogen) atoms. The summed E-state index contributed by atoms with van der Waals surface area (Å²) in [7, 11) is 0. The summed E-state index contributed by atoms with van der Waals surface area (Å²) in [5.74, 6) is 0. The minimum Gasteiger partial charge on any atom is -0.388 e. The van der Waals surface area contributed by atoms with Crippen molar-refractivity contribution in [3.8, 4) is 0 Å². The first-order chi connectivity index (χ1) is 5.84. The first-order valence-corrected chi connectivity index (χ1v) is 4.79. The van der Waals surface area contributed by atoms with E-state index in [2.05, 4.69) is 0 Å². The Labute approximate surface area is 81.0 Å². The smallest absolute Gasteiger partial charge is 0.0849 e. The molecule has 0 radical (unpaired) electrons. The lowest BCUT2D eigenvalue weighted by atomic mass is 10.0. The average Bonchev–Trinajstić information content (AvgIpc) is 1.95.